The molecule has 3 rings (SSSR count). The molecular weight excluding hydrogens is 312 g/mol. The van der Waals surface area contributed by atoms with Gasteiger partial charge in [0.05, 0.1) is 0 Å². The minimum absolute atomic E-state index is 0.0467. The van der Waals surface area contributed by atoms with Crippen LogP contribution < -0.4 is 15.0 Å². The number of nitrogens with one attached hydrogen (secondary N) is 1. The molecule has 23 heavy (non-hydrogen) atoms. The molecule has 5 heteroatoms. The number of fused-ring (bicyclic) bond motifs is 1. The summed E-state index contributed by atoms with van der Waals surface area (Å²) in [5.74, 6) is 0.393. The number of anilines is 2. The monoisotopic (exact) mass is 330 g/mol. The molecule has 0 aromatic heterocycles. The molecule has 2 aromatic rings. The van der Waals surface area contributed by atoms with Crippen molar-refractivity contribution in [1.82, 2.24) is 0 Å². The van der Waals surface area contributed by atoms with Crippen molar-refractivity contribution in [1.29, 1.82) is 0 Å². The molecule has 0 atom stereocenters. The number of benzene rings is 2. The van der Waals surface area contributed by atoms with Gasteiger partial charge in [-0.15, -0.1) is 0 Å². The maximum absolute atomic E-state index is 12.0. The number of carbonyl (C=O) groups excluding carboxylic acids is 1. The van der Waals surface area contributed by atoms with Gasteiger partial charge in [-0.25, -0.2) is 0 Å². The summed E-state index contributed by atoms with van der Waals surface area (Å²) in [5, 5.41) is 3.46. The summed E-state index contributed by atoms with van der Waals surface area (Å²) in [4.78, 5) is 14.4. The quantitative estimate of drug-likeness (QED) is 0.908. The van der Waals surface area contributed by atoms with E-state index >= 15 is 0 Å². The molecule has 0 radical (unpaired) electrons. The van der Waals surface area contributed by atoms with E-state index in [0.717, 1.165) is 25.2 Å². The Morgan fingerprint density at radius 3 is 2.96 bits per heavy atom. The van der Waals surface area contributed by atoms with Crippen molar-refractivity contribution in [3.05, 3.63) is 53.1 Å². The third kappa shape index (κ3) is 3.77. The van der Waals surface area contributed by atoms with E-state index in [9.17, 15) is 4.79 Å². The van der Waals surface area contributed by atoms with E-state index in [1.54, 1.807) is 24.3 Å². The molecule has 0 aliphatic carbocycles. The minimum atomic E-state index is -0.189. The first kappa shape index (κ1) is 15.7. The largest absolute Gasteiger partial charge is 0.484 e. The topological polar surface area (TPSA) is 41.6 Å². The Labute approximate surface area is 141 Å². The van der Waals surface area contributed by atoms with Crippen molar-refractivity contribution in [2.75, 3.05) is 29.9 Å². The van der Waals surface area contributed by atoms with Crippen molar-refractivity contribution in [3.8, 4) is 5.75 Å². The highest BCUT2D eigenvalue weighted by Gasteiger charge is 2.18. The number of likely N-dealkylation sites (N-methyl/N-ethyl adjacent to an activating group) is 1. The van der Waals surface area contributed by atoms with Gasteiger partial charge >= 0.3 is 0 Å². The van der Waals surface area contributed by atoms with Crippen molar-refractivity contribution in [2.45, 2.75) is 13.3 Å². The zero-order valence-corrected chi connectivity index (χ0v) is 13.8. The van der Waals surface area contributed by atoms with Crippen LogP contribution in [0.3, 0.4) is 0 Å². The SMILES string of the molecule is CCN1CCc2ccc(NC(=O)COc3cccc(Cl)c3)cc21. The predicted octanol–water partition coefficient (Wildman–Crippen LogP) is 3.74. The summed E-state index contributed by atoms with van der Waals surface area (Å²) in [6.45, 7) is 4.11. The van der Waals surface area contributed by atoms with Crippen LogP contribution in [0.2, 0.25) is 5.02 Å². The predicted molar refractivity (Wildman–Crippen MR) is 93.6 cm³/mol. The molecule has 0 spiro atoms. The van der Waals surface area contributed by atoms with E-state index in [1.807, 2.05) is 12.1 Å². The average Bonchev–Trinajstić information content (AvgIpc) is 2.95. The Hall–Kier alpha value is -2.20. The van der Waals surface area contributed by atoms with Gasteiger partial charge in [0.2, 0.25) is 0 Å². The highest BCUT2D eigenvalue weighted by atomic mass is 35.5. The van der Waals surface area contributed by atoms with Gasteiger partial charge < -0.3 is 15.0 Å². The molecule has 1 aliphatic rings. The van der Waals surface area contributed by atoms with E-state index in [2.05, 4.69) is 23.2 Å². The van der Waals surface area contributed by atoms with E-state index in [0.29, 0.717) is 10.8 Å². The van der Waals surface area contributed by atoms with E-state index in [1.165, 1.54) is 11.3 Å². The number of ether oxygens (including phenoxy) is 1. The maximum Gasteiger partial charge on any atom is 0.262 e. The molecule has 1 amide bonds. The average molecular weight is 331 g/mol. The summed E-state index contributed by atoms with van der Waals surface area (Å²) in [7, 11) is 0. The van der Waals surface area contributed by atoms with Crippen molar-refractivity contribution < 1.29 is 9.53 Å². The second-order valence-electron chi connectivity index (χ2n) is 5.47. The number of nitrogens with zero attached hydrogens (tertiary/aromatic N) is 1. The van der Waals surface area contributed by atoms with Gasteiger partial charge in [-0.2, -0.15) is 0 Å². The number of halogens is 1. The van der Waals surface area contributed by atoms with Crippen LogP contribution in [0.4, 0.5) is 11.4 Å². The van der Waals surface area contributed by atoms with Gasteiger partial charge in [0, 0.05) is 29.5 Å². The molecule has 0 saturated carbocycles. The Balaban J connectivity index is 1.60. The Kier molecular flexibility index (Phi) is 4.72. The molecule has 1 aliphatic heterocycles. The molecule has 0 saturated heterocycles. The van der Waals surface area contributed by atoms with Crippen LogP contribution in [-0.2, 0) is 11.2 Å². The van der Waals surface area contributed by atoms with Crippen molar-refractivity contribution in [2.24, 2.45) is 0 Å². The fourth-order valence-electron chi connectivity index (χ4n) is 2.75. The molecule has 0 unspecified atom stereocenters. The summed E-state index contributed by atoms with van der Waals surface area (Å²) in [5.41, 5.74) is 3.34. The minimum Gasteiger partial charge on any atom is -0.484 e. The van der Waals surface area contributed by atoms with E-state index in [4.69, 9.17) is 16.3 Å². The van der Waals surface area contributed by atoms with Crippen LogP contribution in [0.1, 0.15) is 12.5 Å². The first-order valence-corrected chi connectivity index (χ1v) is 8.09. The highest BCUT2D eigenvalue weighted by molar-refractivity contribution is 6.30. The standard InChI is InChI=1S/C18H19ClN2O2/c1-2-21-9-8-13-6-7-15(11-17(13)21)20-18(22)12-23-16-5-3-4-14(19)10-16/h3-7,10-11H,2,8-9,12H2,1H3,(H,20,22). The molecular formula is C18H19ClN2O2. The lowest BCUT2D eigenvalue weighted by Crippen LogP contribution is -2.21. The van der Waals surface area contributed by atoms with Crippen LogP contribution in [0.15, 0.2) is 42.5 Å². The van der Waals surface area contributed by atoms with Crippen LogP contribution in [0.25, 0.3) is 0 Å². The first-order chi connectivity index (χ1) is 11.2. The Morgan fingerprint density at radius 1 is 1.30 bits per heavy atom. The molecule has 1 N–H and O–H groups in total. The molecule has 4 nitrogen and oxygen atoms in total. The Bertz CT molecular complexity index is 718. The van der Waals surface area contributed by atoms with Gasteiger partial charge in [0.1, 0.15) is 5.75 Å². The lowest BCUT2D eigenvalue weighted by molar-refractivity contribution is -0.118. The first-order valence-electron chi connectivity index (χ1n) is 7.72. The van der Waals surface area contributed by atoms with Crippen LogP contribution in [-0.4, -0.2) is 25.6 Å². The normalized spacial score (nSPS) is 12.9. The van der Waals surface area contributed by atoms with Gasteiger partial charge in [0.15, 0.2) is 6.61 Å². The molecule has 2 aromatic carbocycles. The molecule has 120 valence electrons. The van der Waals surface area contributed by atoms with Gasteiger partial charge in [0.25, 0.3) is 5.91 Å². The zero-order chi connectivity index (χ0) is 16.2. The number of rotatable bonds is 5. The highest BCUT2D eigenvalue weighted by Crippen LogP contribution is 2.30. The summed E-state index contributed by atoms with van der Waals surface area (Å²) in [6, 6.07) is 13.1. The van der Waals surface area contributed by atoms with E-state index in [-0.39, 0.29) is 12.5 Å². The van der Waals surface area contributed by atoms with Gasteiger partial charge in [-0.05, 0) is 49.2 Å². The van der Waals surface area contributed by atoms with Gasteiger partial charge in [-0.1, -0.05) is 23.7 Å². The third-order valence-electron chi connectivity index (χ3n) is 3.91. The second kappa shape index (κ2) is 6.92. The van der Waals surface area contributed by atoms with Crippen LogP contribution in [0.5, 0.6) is 5.75 Å². The van der Waals surface area contributed by atoms with Crippen LogP contribution in [0, 0.1) is 0 Å². The summed E-state index contributed by atoms with van der Waals surface area (Å²) < 4.78 is 5.45. The van der Waals surface area contributed by atoms with E-state index < -0.39 is 0 Å². The number of amides is 1. The summed E-state index contributed by atoms with van der Waals surface area (Å²) >= 11 is 5.89. The third-order valence-corrected chi connectivity index (χ3v) is 4.14. The number of hydrogen-bond acceptors (Lipinski definition) is 3. The lowest BCUT2D eigenvalue weighted by atomic mass is 10.1. The number of hydrogen-bond donors (Lipinski definition) is 1. The van der Waals surface area contributed by atoms with Gasteiger partial charge in [-0.3, -0.25) is 4.79 Å². The second-order valence-corrected chi connectivity index (χ2v) is 5.90. The fourth-order valence-corrected chi connectivity index (χ4v) is 2.93. The lowest BCUT2D eigenvalue weighted by Gasteiger charge is -2.17. The zero-order valence-electron chi connectivity index (χ0n) is 13.0. The smallest absolute Gasteiger partial charge is 0.262 e. The fraction of sp³-hybridized carbons (Fsp3) is 0.278. The van der Waals surface area contributed by atoms with Crippen molar-refractivity contribution in [3.63, 3.8) is 0 Å². The van der Waals surface area contributed by atoms with Crippen LogP contribution >= 0.6 is 11.6 Å². The summed E-state index contributed by atoms with van der Waals surface area (Å²) in [6.07, 6.45) is 1.06. The molecule has 0 bridgehead atoms. The molecule has 0 fully saturated rings. The number of carbonyl (C=O) groups is 1. The maximum atomic E-state index is 12.0. The van der Waals surface area contributed by atoms with Crippen molar-refractivity contribution >= 4 is 28.9 Å². The molecule has 1 heterocycles. The Morgan fingerprint density at radius 2 is 2.17 bits per heavy atom.